The van der Waals surface area contributed by atoms with Crippen molar-refractivity contribution in [3.8, 4) is 0 Å². The summed E-state index contributed by atoms with van der Waals surface area (Å²) < 4.78 is 11.2. The third kappa shape index (κ3) is 4.34. The van der Waals surface area contributed by atoms with E-state index in [9.17, 15) is 14.4 Å². The van der Waals surface area contributed by atoms with Crippen molar-refractivity contribution in [2.24, 2.45) is 0 Å². The molecule has 0 aliphatic carbocycles. The van der Waals surface area contributed by atoms with Crippen LogP contribution in [0.1, 0.15) is 39.3 Å². The molecule has 1 aromatic heterocycles. The Balaban J connectivity index is 1.41. The fourth-order valence-electron chi connectivity index (χ4n) is 4.32. The lowest BCUT2D eigenvalue weighted by Crippen LogP contribution is -2.40. The molecule has 1 N–H and O–H groups in total. The number of para-hydroxylation sites is 1. The molecule has 2 aliphatic heterocycles. The summed E-state index contributed by atoms with van der Waals surface area (Å²) in [5, 5.41) is 3.58. The fourth-order valence-corrected chi connectivity index (χ4v) is 4.32. The van der Waals surface area contributed by atoms with E-state index in [1.165, 1.54) is 0 Å². The predicted molar refractivity (Wildman–Crippen MR) is 122 cm³/mol. The van der Waals surface area contributed by atoms with Gasteiger partial charge in [-0.15, -0.1) is 0 Å². The van der Waals surface area contributed by atoms with Gasteiger partial charge in [-0.3, -0.25) is 14.4 Å². The second kappa shape index (κ2) is 9.07. The number of fused-ring (bicyclic) bond motifs is 1. The Labute approximate surface area is 191 Å². The maximum absolute atomic E-state index is 13.2. The molecule has 0 unspecified atom stereocenters. The third-order valence-corrected chi connectivity index (χ3v) is 6.06. The van der Waals surface area contributed by atoms with Crippen molar-refractivity contribution < 1.29 is 23.5 Å². The van der Waals surface area contributed by atoms with Crippen LogP contribution in [0.2, 0.25) is 0 Å². The molecule has 8 heteroatoms. The predicted octanol–water partition coefficient (Wildman–Crippen LogP) is 3.28. The highest BCUT2D eigenvalue weighted by Crippen LogP contribution is 2.32. The van der Waals surface area contributed by atoms with Gasteiger partial charge in [0, 0.05) is 43.5 Å². The first-order chi connectivity index (χ1) is 16.1. The topological polar surface area (TPSA) is 92.1 Å². The molecular weight excluding hydrogens is 422 g/mol. The van der Waals surface area contributed by atoms with Crippen molar-refractivity contribution in [2.45, 2.75) is 19.4 Å². The highest BCUT2D eigenvalue weighted by Gasteiger charge is 2.28. The monoisotopic (exact) mass is 447 g/mol. The Morgan fingerprint density at radius 1 is 1.00 bits per heavy atom. The molecule has 33 heavy (non-hydrogen) atoms. The maximum Gasteiger partial charge on any atom is 0.291 e. The smallest absolute Gasteiger partial charge is 0.291 e. The number of hydrogen-bond donors (Lipinski definition) is 1. The summed E-state index contributed by atoms with van der Waals surface area (Å²) >= 11 is 0. The number of rotatable bonds is 5. The van der Waals surface area contributed by atoms with E-state index in [1.54, 1.807) is 34.1 Å². The first-order valence-electron chi connectivity index (χ1n) is 11.2. The second-order valence-corrected chi connectivity index (χ2v) is 8.28. The lowest BCUT2D eigenvalue weighted by atomic mass is 10.1. The summed E-state index contributed by atoms with van der Waals surface area (Å²) in [5.41, 5.74) is 2.24. The molecule has 5 rings (SSSR count). The molecule has 3 aromatic rings. The quantitative estimate of drug-likeness (QED) is 0.648. The number of amides is 3. The molecule has 8 nitrogen and oxygen atoms in total. The highest BCUT2D eigenvalue weighted by atomic mass is 16.5. The molecule has 0 atom stereocenters. The summed E-state index contributed by atoms with van der Waals surface area (Å²) in [6.07, 6.45) is 1.44. The van der Waals surface area contributed by atoms with E-state index in [0.29, 0.717) is 61.5 Å². The van der Waals surface area contributed by atoms with Gasteiger partial charge in [-0.1, -0.05) is 24.3 Å². The minimum absolute atomic E-state index is 0.116. The van der Waals surface area contributed by atoms with Crippen LogP contribution in [0, 0.1) is 0 Å². The van der Waals surface area contributed by atoms with Crippen LogP contribution in [-0.2, 0) is 16.1 Å². The second-order valence-electron chi connectivity index (χ2n) is 8.28. The Bertz CT molecular complexity index is 1210. The van der Waals surface area contributed by atoms with Crippen molar-refractivity contribution in [3.05, 3.63) is 65.4 Å². The van der Waals surface area contributed by atoms with Gasteiger partial charge >= 0.3 is 0 Å². The van der Waals surface area contributed by atoms with Crippen molar-refractivity contribution >= 4 is 34.4 Å². The molecule has 3 amide bonds. The van der Waals surface area contributed by atoms with Crippen molar-refractivity contribution in [2.75, 3.05) is 38.2 Å². The zero-order chi connectivity index (χ0) is 22.8. The van der Waals surface area contributed by atoms with Crippen LogP contribution in [0.15, 0.2) is 52.9 Å². The van der Waals surface area contributed by atoms with Gasteiger partial charge in [-0.2, -0.15) is 0 Å². The van der Waals surface area contributed by atoms with E-state index >= 15 is 0 Å². The number of anilines is 1. The first kappa shape index (κ1) is 21.2. The van der Waals surface area contributed by atoms with Crippen LogP contribution in [0.5, 0.6) is 0 Å². The molecule has 2 aliphatic rings. The summed E-state index contributed by atoms with van der Waals surface area (Å²) in [6, 6.07) is 14.5. The summed E-state index contributed by atoms with van der Waals surface area (Å²) in [7, 11) is 0. The van der Waals surface area contributed by atoms with E-state index in [4.69, 9.17) is 9.15 Å². The number of nitrogens with one attached hydrogen (secondary N) is 1. The molecule has 2 aromatic carbocycles. The van der Waals surface area contributed by atoms with Crippen LogP contribution < -0.4 is 5.32 Å². The number of nitrogens with zero attached hydrogens (tertiary/aromatic N) is 2. The number of benzene rings is 2. The minimum Gasteiger partial charge on any atom is -0.449 e. The summed E-state index contributed by atoms with van der Waals surface area (Å²) in [5.74, 6) is -0.357. The van der Waals surface area contributed by atoms with E-state index in [0.717, 1.165) is 18.5 Å². The number of ether oxygens (including phenoxy) is 1. The molecule has 3 heterocycles. The van der Waals surface area contributed by atoms with E-state index < -0.39 is 0 Å². The molecule has 170 valence electrons. The summed E-state index contributed by atoms with van der Waals surface area (Å²) in [4.78, 5) is 41.8. The Morgan fingerprint density at radius 2 is 1.82 bits per heavy atom. The van der Waals surface area contributed by atoms with Gasteiger partial charge in [0.2, 0.25) is 11.7 Å². The average Bonchev–Trinajstić information content (AvgIpc) is 3.42. The molecule has 0 radical (unpaired) electrons. The van der Waals surface area contributed by atoms with Gasteiger partial charge < -0.3 is 24.3 Å². The van der Waals surface area contributed by atoms with Gasteiger partial charge in [-0.05, 0) is 36.2 Å². The molecular formula is C25H25N3O5. The van der Waals surface area contributed by atoms with E-state index in [-0.39, 0.29) is 23.5 Å². The highest BCUT2D eigenvalue weighted by molar-refractivity contribution is 6.14. The van der Waals surface area contributed by atoms with Gasteiger partial charge in [0.15, 0.2) is 0 Å². The molecule has 2 fully saturated rings. The molecule has 0 bridgehead atoms. The zero-order valence-corrected chi connectivity index (χ0v) is 18.2. The molecule has 0 saturated carbocycles. The number of likely N-dealkylation sites (tertiary alicyclic amines) is 1. The first-order valence-corrected chi connectivity index (χ1v) is 11.2. The van der Waals surface area contributed by atoms with Gasteiger partial charge in [0.05, 0.1) is 13.2 Å². The van der Waals surface area contributed by atoms with Crippen LogP contribution in [0.4, 0.5) is 5.69 Å². The maximum atomic E-state index is 13.2. The SMILES string of the molecule is O=C(Nc1c(C(=O)N2CCOCC2)oc2ccccc12)c1cccc(CN2CCCC2=O)c1. The zero-order valence-electron chi connectivity index (χ0n) is 18.2. The number of morpholine rings is 1. The van der Waals surface area contributed by atoms with Crippen molar-refractivity contribution in [3.63, 3.8) is 0 Å². The number of hydrogen-bond acceptors (Lipinski definition) is 5. The largest absolute Gasteiger partial charge is 0.449 e. The average molecular weight is 447 g/mol. The Morgan fingerprint density at radius 3 is 2.61 bits per heavy atom. The third-order valence-electron chi connectivity index (χ3n) is 6.06. The van der Waals surface area contributed by atoms with Crippen LogP contribution in [-0.4, -0.2) is 60.4 Å². The fraction of sp³-hybridized carbons (Fsp3) is 0.320. The number of carbonyl (C=O) groups is 3. The molecule has 0 spiro atoms. The summed E-state index contributed by atoms with van der Waals surface area (Å²) in [6.45, 7) is 3.11. The standard InChI is InChI=1S/C25H25N3O5/c29-21-9-4-10-28(21)16-17-5-3-6-18(15-17)24(30)26-22-19-7-1-2-8-20(19)33-23(22)25(31)27-11-13-32-14-12-27/h1-3,5-8,15H,4,9-14,16H2,(H,26,30). The number of furan rings is 1. The lowest BCUT2D eigenvalue weighted by molar-refractivity contribution is -0.128. The molecule has 2 saturated heterocycles. The minimum atomic E-state index is -0.341. The van der Waals surface area contributed by atoms with Crippen LogP contribution in [0.25, 0.3) is 11.0 Å². The van der Waals surface area contributed by atoms with Crippen molar-refractivity contribution in [1.82, 2.24) is 9.80 Å². The van der Waals surface area contributed by atoms with Gasteiger partial charge in [0.1, 0.15) is 11.3 Å². The Hall–Kier alpha value is -3.65. The lowest BCUT2D eigenvalue weighted by Gasteiger charge is -2.26. The normalized spacial score (nSPS) is 16.4. The van der Waals surface area contributed by atoms with Gasteiger partial charge in [0.25, 0.3) is 11.8 Å². The van der Waals surface area contributed by atoms with Gasteiger partial charge in [-0.25, -0.2) is 0 Å². The van der Waals surface area contributed by atoms with E-state index in [2.05, 4.69) is 5.32 Å². The van der Waals surface area contributed by atoms with Crippen molar-refractivity contribution in [1.29, 1.82) is 0 Å². The van der Waals surface area contributed by atoms with Crippen LogP contribution in [0.3, 0.4) is 0 Å². The Kier molecular flexibility index (Phi) is 5.83. The number of carbonyl (C=O) groups excluding carboxylic acids is 3. The van der Waals surface area contributed by atoms with Crippen LogP contribution >= 0.6 is 0 Å². The van der Waals surface area contributed by atoms with E-state index in [1.807, 2.05) is 24.3 Å².